The smallest absolute Gasteiger partial charge is 0.211 e. The van der Waals surface area contributed by atoms with Gasteiger partial charge >= 0.3 is 0 Å². The fraction of sp³-hybridized carbons (Fsp3) is 0.0400. The fourth-order valence-electron chi connectivity index (χ4n) is 3.90. The van der Waals surface area contributed by atoms with Crippen LogP contribution in [0.4, 0.5) is 4.39 Å². The van der Waals surface area contributed by atoms with E-state index in [4.69, 9.17) is 4.74 Å². The first-order chi connectivity index (χ1) is 14.6. The first-order valence-corrected chi connectivity index (χ1v) is 9.42. The van der Waals surface area contributed by atoms with Gasteiger partial charge in [0.1, 0.15) is 17.3 Å². The molecule has 5 rings (SSSR count). The molecule has 1 aromatic heterocycles. The molecule has 0 saturated heterocycles. The molecule has 0 N–H and O–H groups in total. The van der Waals surface area contributed by atoms with Crippen LogP contribution in [-0.4, -0.2) is 23.2 Å². The molecule has 0 unspecified atom stereocenters. The SMILES string of the molecule is COc1ccc(-n2cc(-c3ccc(F)cc3)c3c2C(=O)c2ccccc2C3=O)cc1. The van der Waals surface area contributed by atoms with Gasteiger partial charge in [0.05, 0.1) is 12.7 Å². The van der Waals surface area contributed by atoms with Gasteiger partial charge in [-0.25, -0.2) is 4.39 Å². The summed E-state index contributed by atoms with van der Waals surface area (Å²) < 4.78 is 20.4. The molecule has 1 aliphatic carbocycles. The molecule has 0 bridgehead atoms. The van der Waals surface area contributed by atoms with Gasteiger partial charge in [-0.2, -0.15) is 0 Å². The molecule has 0 aliphatic heterocycles. The summed E-state index contributed by atoms with van der Waals surface area (Å²) in [6, 6.07) is 20.0. The molecule has 1 heterocycles. The summed E-state index contributed by atoms with van der Waals surface area (Å²) in [5.41, 5.74) is 3.39. The minimum absolute atomic E-state index is 0.216. The number of hydrogen-bond acceptors (Lipinski definition) is 3. The standard InChI is InChI=1S/C25H16FNO3/c1-30-18-12-10-17(11-13-18)27-14-21(15-6-8-16(26)9-7-15)22-23(27)25(29)20-5-3-2-4-19(20)24(22)28/h2-14H,1H3. The molecular formula is C25H16FNO3. The first-order valence-electron chi connectivity index (χ1n) is 9.42. The summed E-state index contributed by atoms with van der Waals surface area (Å²) in [6.07, 6.45) is 1.77. The molecule has 146 valence electrons. The molecule has 3 aromatic carbocycles. The molecule has 30 heavy (non-hydrogen) atoms. The first kappa shape index (κ1) is 18.1. The Kier molecular flexibility index (Phi) is 4.10. The van der Waals surface area contributed by atoms with Crippen LogP contribution in [0.2, 0.25) is 0 Å². The molecule has 1 aliphatic rings. The maximum absolute atomic E-state index is 13.5. The van der Waals surface area contributed by atoms with E-state index >= 15 is 0 Å². The number of ether oxygens (including phenoxy) is 1. The van der Waals surface area contributed by atoms with Crippen LogP contribution < -0.4 is 4.74 Å². The van der Waals surface area contributed by atoms with E-state index in [9.17, 15) is 14.0 Å². The van der Waals surface area contributed by atoms with E-state index in [0.29, 0.717) is 39.3 Å². The quantitative estimate of drug-likeness (QED) is 0.427. The van der Waals surface area contributed by atoms with Gasteiger partial charge in [-0.15, -0.1) is 0 Å². The molecule has 0 radical (unpaired) electrons. The number of benzene rings is 3. The Labute approximate surface area is 172 Å². The molecule has 0 saturated carbocycles. The van der Waals surface area contributed by atoms with Crippen molar-refractivity contribution in [3.05, 3.63) is 107 Å². The summed E-state index contributed by atoms with van der Waals surface area (Å²) in [4.78, 5) is 26.8. The number of hydrogen-bond donors (Lipinski definition) is 0. The predicted octanol–water partition coefficient (Wildman–Crippen LogP) is 5.07. The average molecular weight is 397 g/mol. The van der Waals surface area contributed by atoms with E-state index in [1.54, 1.807) is 66.4 Å². The van der Waals surface area contributed by atoms with Gasteiger partial charge in [0.2, 0.25) is 5.78 Å². The van der Waals surface area contributed by atoms with Crippen molar-refractivity contribution in [3.8, 4) is 22.6 Å². The van der Waals surface area contributed by atoms with Crippen LogP contribution in [0.1, 0.15) is 32.0 Å². The van der Waals surface area contributed by atoms with Gasteiger partial charge in [-0.05, 0) is 42.0 Å². The Morgan fingerprint density at radius 1 is 0.767 bits per heavy atom. The maximum atomic E-state index is 13.5. The minimum Gasteiger partial charge on any atom is -0.497 e. The number of carbonyl (C=O) groups excluding carboxylic acids is 2. The molecule has 0 fully saturated rings. The number of ketones is 2. The van der Waals surface area contributed by atoms with E-state index in [-0.39, 0.29) is 17.4 Å². The third-order valence-corrected chi connectivity index (χ3v) is 5.37. The lowest BCUT2D eigenvalue weighted by Gasteiger charge is -2.18. The number of rotatable bonds is 3. The number of methoxy groups -OCH3 is 1. The van der Waals surface area contributed by atoms with E-state index in [1.807, 2.05) is 12.1 Å². The van der Waals surface area contributed by atoms with Crippen molar-refractivity contribution in [1.82, 2.24) is 4.57 Å². The lowest BCUT2D eigenvalue weighted by atomic mass is 9.85. The van der Waals surface area contributed by atoms with Crippen LogP contribution in [0.3, 0.4) is 0 Å². The Morgan fingerprint density at radius 2 is 1.40 bits per heavy atom. The van der Waals surface area contributed by atoms with E-state index in [2.05, 4.69) is 0 Å². The topological polar surface area (TPSA) is 48.3 Å². The molecule has 0 spiro atoms. The Hall–Kier alpha value is -3.99. The van der Waals surface area contributed by atoms with Crippen molar-refractivity contribution in [3.63, 3.8) is 0 Å². The number of carbonyl (C=O) groups is 2. The Morgan fingerprint density at radius 3 is 2.03 bits per heavy atom. The van der Waals surface area contributed by atoms with Gasteiger partial charge in [0.25, 0.3) is 0 Å². The van der Waals surface area contributed by atoms with E-state index < -0.39 is 0 Å². The number of halogens is 1. The maximum Gasteiger partial charge on any atom is 0.211 e. The van der Waals surface area contributed by atoms with Crippen LogP contribution in [0.25, 0.3) is 16.8 Å². The highest BCUT2D eigenvalue weighted by molar-refractivity contribution is 6.30. The van der Waals surface area contributed by atoms with Crippen LogP contribution in [0.5, 0.6) is 5.75 Å². The second kappa shape index (κ2) is 6.81. The molecule has 0 atom stereocenters. The number of fused-ring (bicyclic) bond motifs is 2. The summed E-state index contributed by atoms with van der Waals surface area (Å²) in [7, 11) is 1.58. The average Bonchev–Trinajstić information content (AvgIpc) is 3.19. The van der Waals surface area contributed by atoms with Crippen LogP contribution >= 0.6 is 0 Å². The van der Waals surface area contributed by atoms with Crippen molar-refractivity contribution in [2.45, 2.75) is 0 Å². The highest BCUT2D eigenvalue weighted by Gasteiger charge is 2.35. The third-order valence-electron chi connectivity index (χ3n) is 5.37. The van der Waals surface area contributed by atoms with Crippen LogP contribution in [-0.2, 0) is 0 Å². The van der Waals surface area contributed by atoms with Crippen molar-refractivity contribution in [1.29, 1.82) is 0 Å². The Balaban J connectivity index is 1.79. The summed E-state index contributed by atoms with van der Waals surface area (Å²) in [5, 5.41) is 0. The second-order valence-electron chi connectivity index (χ2n) is 7.05. The van der Waals surface area contributed by atoms with Crippen LogP contribution in [0, 0.1) is 5.82 Å². The highest BCUT2D eigenvalue weighted by Crippen LogP contribution is 2.37. The Bertz CT molecular complexity index is 1300. The number of aromatic nitrogens is 1. The van der Waals surface area contributed by atoms with Crippen molar-refractivity contribution in [2.24, 2.45) is 0 Å². The highest BCUT2D eigenvalue weighted by atomic mass is 19.1. The monoisotopic (exact) mass is 397 g/mol. The summed E-state index contributed by atoms with van der Waals surface area (Å²) in [5.74, 6) is -0.114. The van der Waals surface area contributed by atoms with Crippen LogP contribution in [0.15, 0.2) is 79.0 Å². The van der Waals surface area contributed by atoms with E-state index in [1.165, 1.54) is 12.1 Å². The lowest BCUT2D eigenvalue weighted by molar-refractivity contribution is 0.0975. The van der Waals surface area contributed by atoms with Crippen molar-refractivity contribution < 1.29 is 18.7 Å². The predicted molar refractivity (Wildman–Crippen MR) is 111 cm³/mol. The molecule has 5 heteroatoms. The minimum atomic E-state index is -0.366. The second-order valence-corrected chi connectivity index (χ2v) is 7.05. The lowest BCUT2D eigenvalue weighted by Crippen LogP contribution is -2.22. The zero-order valence-corrected chi connectivity index (χ0v) is 16.1. The van der Waals surface area contributed by atoms with E-state index in [0.717, 1.165) is 5.69 Å². The fourth-order valence-corrected chi connectivity index (χ4v) is 3.90. The number of nitrogens with zero attached hydrogens (tertiary/aromatic N) is 1. The molecule has 4 nitrogen and oxygen atoms in total. The van der Waals surface area contributed by atoms with Gasteiger partial charge < -0.3 is 9.30 Å². The normalized spacial score (nSPS) is 12.5. The zero-order chi connectivity index (χ0) is 20.8. The summed E-state index contributed by atoms with van der Waals surface area (Å²) in [6.45, 7) is 0. The third kappa shape index (κ3) is 2.67. The van der Waals surface area contributed by atoms with Gasteiger partial charge in [0, 0.05) is 28.6 Å². The van der Waals surface area contributed by atoms with Crippen molar-refractivity contribution in [2.75, 3.05) is 7.11 Å². The molecule has 0 amide bonds. The molecular weight excluding hydrogens is 381 g/mol. The van der Waals surface area contributed by atoms with Gasteiger partial charge in [-0.3, -0.25) is 9.59 Å². The van der Waals surface area contributed by atoms with Crippen molar-refractivity contribution >= 4 is 11.6 Å². The largest absolute Gasteiger partial charge is 0.497 e. The molecule has 4 aromatic rings. The zero-order valence-electron chi connectivity index (χ0n) is 16.1. The summed E-state index contributed by atoms with van der Waals surface area (Å²) >= 11 is 0. The van der Waals surface area contributed by atoms with Gasteiger partial charge in [0.15, 0.2) is 5.78 Å². The van der Waals surface area contributed by atoms with Gasteiger partial charge in [-0.1, -0.05) is 36.4 Å².